The van der Waals surface area contributed by atoms with E-state index in [0.717, 1.165) is 12.8 Å². The smallest absolute Gasteiger partial charge is 0.0546 e. The van der Waals surface area contributed by atoms with E-state index in [2.05, 4.69) is 37.5 Å². The van der Waals surface area contributed by atoms with E-state index in [9.17, 15) is 0 Å². The normalized spacial score (nSPS) is 12.1. The lowest BCUT2D eigenvalue weighted by Crippen LogP contribution is -2.25. The second-order valence-corrected chi connectivity index (χ2v) is 4.59. The lowest BCUT2D eigenvalue weighted by atomic mass is 10.1. The van der Waals surface area contributed by atoms with Crippen LogP contribution in [-0.2, 0) is 18.4 Å². The highest BCUT2D eigenvalue weighted by atomic mass is 15.3. The molecule has 80 valence electrons. The Balaban J connectivity index is 3.07. The molecule has 0 unspecified atom stereocenters. The number of nitrogens with zero attached hydrogens (tertiary/aromatic N) is 2. The summed E-state index contributed by atoms with van der Waals surface area (Å²) < 4.78 is 2.11. The molecule has 3 nitrogen and oxygen atoms in total. The Morgan fingerprint density at radius 3 is 2.50 bits per heavy atom. The number of rotatable bonds is 3. The fourth-order valence-corrected chi connectivity index (χ4v) is 1.73. The molecule has 0 bridgehead atoms. The van der Waals surface area contributed by atoms with Gasteiger partial charge in [0.2, 0.25) is 0 Å². The van der Waals surface area contributed by atoms with Crippen LogP contribution >= 0.6 is 0 Å². The molecular formula is C11H21N3. The third-order valence-electron chi connectivity index (χ3n) is 2.34. The highest BCUT2D eigenvalue weighted by Crippen LogP contribution is 2.19. The summed E-state index contributed by atoms with van der Waals surface area (Å²) in [5.74, 6) is 0. The number of hydrogen-bond acceptors (Lipinski definition) is 2. The average Bonchev–Trinajstić information content (AvgIpc) is 2.47. The van der Waals surface area contributed by atoms with Crippen molar-refractivity contribution in [1.29, 1.82) is 0 Å². The van der Waals surface area contributed by atoms with Crippen molar-refractivity contribution < 1.29 is 0 Å². The molecule has 0 aromatic carbocycles. The van der Waals surface area contributed by atoms with Crippen LogP contribution in [0.15, 0.2) is 6.20 Å². The van der Waals surface area contributed by atoms with Crippen LogP contribution in [0, 0.1) is 0 Å². The SMILES string of the molecule is CCc1c(CCN)cnn1C(C)(C)C. The van der Waals surface area contributed by atoms with E-state index in [1.807, 2.05) is 6.20 Å². The first kappa shape index (κ1) is 11.2. The van der Waals surface area contributed by atoms with Gasteiger partial charge in [0, 0.05) is 5.69 Å². The lowest BCUT2D eigenvalue weighted by Gasteiger charge is -2.22. The van der Waals surface area contributed by atoms with Gasteiger partial charge in [-0.1, -0.05) is 6.92 Å². The summed E-state index contributed by atoms with van der Waals surface area (Å²) in [4.78, 5) is 0. The molecule has 0 aliphatic heterocycles. The lowest BCUT2D eigenvalue weighted by molar-refractivity contribution is 0.344. The van der Waals surface area contributed by atoms with Crippen molar-refractivity contribution in [3.05, 3.63) is 17.5 Å². The number of nitrogens with two attached hydrogens (primary N) is 1. The molecule has 0 saturated carbocycles. The summed E-state index contributed by atoms with van der Waals surface area (Å²) in [6.07, 6.45) is 3.91. The Kier molecular flexibility index (Phi) is 3.32. The fourth-order valence-electron chi connectivity index (χ4n) is 1.73. The van der Waals surface area contributed by atoms with Gasteiger partial charge in [-0.15, -0.1) is 0 Å². The molecule has 0 atom stereocenters. The summed E-state index contributed by atoms with van der Waals surface area (Å²) in [5, 5.41) is 4.44. The highest BCUT2D eigenvalue weighted by molar-refractivity contribution is 5.19. The Morgan fingerprint density at radius 1 is 1.43 bits per heavy atom. The Hall–Kier alpha value is -0.830. The topological polar surface area (TPSA) is 43.8 Å². The summed E-state index contributed by atoms with van der Waals surface area (Å²) in [5.41, 5.74) is 8.25. The van der Waals surface area contributed by atoms with Gasteiger partial charge in [0.15, 0.2) is 0 Å². The minimum Gasteiger partial charge on any atom is -0.330 e. The van der Waals surface area contributed by atoms with E-state index < -0.39 is 0 Å². The molecule has 0 aliphatic carbocycles. The predicted octanol–water partition coefficient (Wildman–Crippen LogP) is 1.70. The van der Waals surface area contributed by atoms with Crippen LogP contribution < -0.4 is 5.73 Å². The molecule has 14 heavy (non-hydrogen) atoms. The molecule has 0 amide bonds. The largest absolute Gasteiger partial charge is 0.330 e. The zero-order chi connectivity index (χ0) is 10.8. The van der Waals surface area contributed by atoms with Crippen molar-refractivity contribution in [1.82, 2.24) is 9.78 Å². The van der Waals surface area contributed by atoms with Gasteiger partial charge in [0.1, 0.15) is 0 Å². The Bertz CT molecular complexity index is 294. The molecule has 0 spiro atoms. The van der Waals surface area contributed by atoms with Crippen molar-refractivity contribution in [2.24, 2.45) is 5.73 Å². The van der Waals surface area contributed by atoms with E-state index in [0.29, 0.717) is 6.54 Å². The van der Waals surface area contributed by atoms with E-state index in [1.165, 1.54) is 11.3 Å². The molecule has 0 saturated heterocycles. The molecule has 2 N–H and O–H groups in total. The van der Waals surface area contributed by atoms with Crippen molar-refractivity contribution in [2.45, 2.75) is 46.1 Å². The molecule has 1 aromatic heterocycles. The summed E-state index contributed by atoms with van der Waals surface area (Å²) >= 11 is 0. The van der Waals surface area contributed by atoms with Crippen LogP contribution in [0.4, 0.5) is 0 Å². The van der Waals surface area contributed by atoms with Crippen LogP contribution in [0.3, 0.4) is 0 Å². The van der Waals surface area contributed by atoms with Crippen LogP contribution in [-0.4, -0.2) is 16.3 Å². The van der Waals surface area contributed by atoms with Gasteiger partial charge in [-0.25, -0.2) is 0 Å². The third kappa shape index (κ3) is 2.15. The van der Waals surface area contributed by atoms with Crippen LogP contribution in [0.5, 0.6) is 0 Å². The van der Waals surface area contributed by atoms with E-state index in [-0.39, 0.29) is 5.54 Å². The molecule has 0 aliphatic rings. The maximum absolute atomic E-state index is 5.57. The van der Waals surface area contributed by atoms with Crippen molar-refractivity contribution in [2.75, 3.05) is 6.54 Å². The maximum Gasteiger partial charge on any atom is 0.0546 e. The van der Waals surface area contributed by atoms with Crippen LogP contribution in [0.2, 0.25) is 0 Å². The first-order valence-electron chi connectivity index (χ1n) is 5.27. The molecule has 0 radical (unpaired) electrons. The molecular weight excluding hydrogens is 174 g/mol. The standard InChI is InChI=1S/C11H21N3/c1-5-10-9(6-7-12)8-13-14(10)11(2,3)4/h8H,5-7,12H2,1-4H3. The highest BCUT2D eigenvalue weighted by Gasteiger charge is 2.19. The predicted molar refractivity (Wildman–Crippen MR) is 59.4 cm³/mol. The third-order valence-corrected chi connectivity index (χ3v) is 2.34. The van der Waals surface area contributed by atoms with Crippen molar-refractivity contribution in [3.8, 4) is 0 Å². The average molecular weight is 195 g/mol. The zero-order valence-electron chi connectivity index (χ0n) is 9.67. The summed E-state index contributed by atoms with van der Waals surface area (Å²) in [7, 11) is 0. The molecule has 1 heterocycles. The van der Waals surface area contributed by atoms with E-state index in [1.54, 1.807) is 0 Å². The number of aromatic nitrogens is 2. The maximum atomic E-state index is 5.57. The first-order chi connectivity index (χ1) is 6.50. The van der Waals surface area contributed by atoms with Gasteiger partial charge in [0.05, 0.1) is 11.7 Å². The monoisotopic (exact) mass is 195 g/mol. The van der Waals surface area contributed by atoms with Gasteiger partial charge < -0.3 is 5.73 Å². The molecule has 0 fully saturated rings. The Morgan fingerprint density at radius 2 is 2.07 bits per heavy atom. The fraction of sp³-hybridized carbons (Fsp3) is 0.727. The van der Waals surface area contributed by atoms with Crippen LogP contribution in [0.25, 0.3) is 0 Å². The minimum absolute atomic E-state index is 0.0677. The van der Waals surface area contributed by atoms with Gasteiger partial charge in [0.25, 0.3) is 0 Å². The van der Waals surface area contributed by atoms with E-state index >= 15 is 0 Å². The number of hydrogen-bond donors (Lipinski definition) is 1. The quantitative estimate of drug-likeness (QED) is 0.797. The van der Waals surface area contributed by atoms with Gasteiger partial charge in [-0.2, -0.15) is 5.10 Å². The second kappa shape index (κ2) is 4.13. The minimum atomic E-state index is 0.0677. The van der Waals surface area contributed by atoms with Gasteiger partial charge in [-0.3, -0.25) is 4.68 Å². The summed E-state index contributed by atoms with van der Waals surface area (Å²) in [6, 6.07) is 0. The summed E-state index contributed by atoms with van der Waals surface area (Å²) in [6.45, 7) is 9.38. The van der Waals surface area contributed by atoms with E-state index in [4.69, 9.17) is 5.73 Å². The molecule has 1 aromatic rings. The molecule has 1 rings (SSSR count). The van der Waals surface area contributed by atoms with Crippen molar-refractivity contribution in [3.63, 3.8) is 0 Å². The molecule has 3 heteroatoms. The Labute approximate surface area is 86.3 Å². The first-order valence-corrected chi connectivity index (χ1v) is 5.27. The second-order valence-electron chi connectivity index (χ2n) is 4.59. The zero-order valence-corrected chi connectivity index (χ0v) is 9.67. The van der Waals surface area contributed by atoms with Crippen molar-refractivity contribution >= 4 is 0 Å². The van der Waals surface area contributed by atoms with Gasteiger partial charge >= 0.3 is 0 Å². The van der Waals surface area contributed by atoms with Gasteiger partial charge in [-0.05, 0) is 45.7 Å². The van der Waals surface area contributed by atoms with Crippen LogP contribution in [0.1, 0.15) is 39.0 Å².